The van der Waals surface area contributed by atoms with E-state index in [-0.39, 0.29) is 11.0 Å². The zero-order valence-corrected chi connectivity index (χ0v) is 15.7. The number of hydrogen-bond acceptors (Lipinski definition) is 4. The summed E-state index contributed by atoms with van der Waals surface area (Å²) in [6.07, 6.45) is 3.34. The Morgan fingerprint density at radius 3 is 1.59 bits per heavy atom. The second-order valence-electron chi connectivity index (χ2n) is 7.86. The smallest absolute Gasteiger partial charge is 0.0701 e. The van der Waals surface area contributed by atoms with Crippen LogP contribution in [0.2, 0.25) is 0 Å². The monoisotopic (exact) mass is 318 g/mol. The minimum absolute atomic E-state index is 0.0234. The molecule has 0 aromatic heterocycles. The van der Waals surface area contributed by atoms with Gasteiger partial charge in [0.05, 0.1) is 38.6 Å². The summed E-state index contributed by atoms with van der Waals surface area (Å²) < 4.78 is 22.2. The molecule has 0 rings (SSSR count). The summed E-state index contributed by atoms with van der Waals surface area (Å²) >= 11 is 0. The maximum absolute atomic E-state index is 5.67. The van der Waals surface area contributed by atoms with E-state index in [2.05, 4.69) is 41.5 Å². The van der Waals surface area contributed by atoms with Crippen molar-refractivity contribution in [3.63, 3.8) is 0 Å². The van der Waals surface area contributed by atoms with E-state index in [4.69, 9.17) is 18.9 Å². The van der Waals surface area contributed by atoms with Crippen LogP contribution in [0.3, 0.4) is 0 Å². The van der Waals surface area contributed by atoms with Crippen LogP contribution in [0.25, 0.3) is 0 Å². The maximum atomic E-state index is 5.67. The lowest BCUT2D eigenvalue weighted by atomic mass is 9.99. The van der Waals surface area contributed by atoms with Crippen LogP contribution in [0.1, 0.15) is 60.8 Å². The fourth-order valence-corrected chi connectivity index (χ4v) is 1.68. The van der Waals surface area contributed by atoms with Gasteiger partial charge in [-0.25, -0.2) is 0 Å². The molecule has 0 N–H and O–H groups in total. The molecule has 0 aromatic rings. The summed E-state index contributed by atoms with van der Waals surface area (Å²) in [6, 6.07) is 0. The zero-order valence-electron chi connectivity index (χ0n) is 15.7. The lowest BCUT2D eigenvalue weighted by Crippen LogP contribution is -2.19. The van der Waals surface area contributed by atoms with Crippen molar-refractivity contribution in [2.24, 2.45) is 5.41 Å². The van der Waals surface area contributed by atoms with Crippen LogP contribution < -0.4 is 0 Å². The molecule has 134 valence electrons. The van der Waals surface area contributed by atoms with E-state index in [1.807, 2.05) is 0 Å². The first-order valence-electron chi connectivity index (χ1n) is 8.58. The minimum Gasteiger partial charge on any atom is -0.379 e. The molecule has 0 spiro atoms. The predicted octanol–water partition coefficient (Wildman–Crippen LogP) is 4.07. The first-order valence-corrected chi connectivity index (χ1v) is 8.58. The van der Waals surface area contributed by atoms with Gasteiger partial charge >= 0.3 is 0 Å². The van der Waals surface area contributed by atoms with E-state index in [0.29, 0.717) is 26.4 Å². The predicted molar refractivity (Wildman–Crippen MR) is 91.5 cm³/mol. The molecule has 0 aliphatic carbocycles. The van der Waals surface area contributed by atoms with E-state index in [9.17, 15) is 0 Å². The van der Waals surface area contributed by atoms with Crippen molar-refractivity contribution in [2.75, 3.05) is 46.2 Å². The van der Waals surface area contributed by atoms with Gasteiger partial charge < -0.3 is 18.9 Å². The van der Waals surface area contributed by atoms with Crippen molar-refractivity contribution < 1.29 is 18.9 Å². The highest BCUT2D eigenvalue weighted by Crippen LogP contribution is 2.12. The Bertz CT molecular complexity index is 214. The number of ether oxygens (including phenoxy) is 4. The molecule has 0 fully saturated rings. The summed E-state index contributed by atoms with van der Waals surface area (Å²) in [5.74, 6) is 0. The average molecular weight is 318 g/mol. The summed E-state index contributed by atoms with van der Waals surface area (Å²) in [4.78, 5) is 0. The second kappa shape index (κ2) is 12.3. The summed E-state index contributed by atoms with van der Waals surface area (Å²) in [5.41, 5.74) is 0.200. The lowest BCUT2D eigenvalue weighted by Gasteiger charge is -2.19. The van der Waals surface area contributed by atoms with E-state index in [1.54, 1.807) is 0 Å². The largest absolute Gasteiger partial charge is 0.379 e. The Hall–Kier alpha value is -0.160. The fourth-order valence-electron chi connectivity index (χ4n) is 1.68. The molecule has 0 unspecified atom stereocenters. The fraction of sp³-hybridized carbons (Fsp3) is 1.00. The Kier molecular flexibility index (Phi) is 12.2. The third-order valence-electron chi connectivity index (χ3n) is 2.75. The molecule has 0 bridgehead atoms. The number of unbranched alkanes of at least 4 members (excludes halogenated alkanes) is 2. The first-order chi connectivity index (χ1) is 10.2. The SMILES string of the molecule is CC(C)(C)COCCOCCOCCCCCOC(C)(C)C. The van der Waals surface area contributed by atoms with Crippen LogP contribution >= 0.6 is 0 Å². The highest BCUT2D eigenvalue weighted by atomic mass is 16.5. The van der Waals surface area contributed by atoms with Gasteiger partial charge in [0.1, 0.15) is 0 Å². The Balaban J connectivity index is 3.09. The molecular weight excluding hydrogens is 280 g/mol. The van der Waals surface area contributed by atoms with Gasteiger partial charge in [0.25, 0.3) is 0 Å². The minimum atomic E-state index is -0.0234. The molecule has 0 amide bonds. The topological polar surface area (TPSA) is 36.9 Å². The first kappa shape index (κ1) is 21.8. The summed E-state index contributed by atoms with van der Waals surface area (Å²) in [5, 5.41) is 0. The van der Waals surface area contributed by atoms with Gasteiger partial charge in [-0.05, 0) is 45.4 Å². The normalized spacial score (nSPS) is 12.8. The molecule has 0 aliphatic rings. The highest BCUT2D eigenvalue weighted by Gasteiger charge is 2.09. The van der Waals surface area contributed by atoms with Gasteiger partial charge in [-0.3, -0.25) is 0 Å². The van der Waals surface area contributed by atoms with Crippen molar-refractivity contribution in [1.82, 2.24) is 0 Å². The van der Waals surface area contributed by atoms with E-state index in [1.165, 1.54) is 0 Å². The molecule has 0 atom stereocenters. The zero-order chi connectivity index (χ0) is 16.9. The summed E-state index contributed by atoms with van der Waals surface area (Å²) in [6.45, 7) is 17.8. The van der Waals surface area contributed by atoms with E-state index < -0.39 is 0 Å². The van der Waals surface area contributed by atoms with Crippen molar-refractivity contribution in [2.45, 2.75) is 66.4 Å². The van der Waals surface area contributed by atoms with Gasteiger partial charge in [-0.2, -0.15) is 0 Å². The van der Waals surface area contributed by atoms with Gasteiger partial charge in [-0.1, -0.05) is 20.8 Å². The van der Waals surface area contributed by atoms with Crippen LogP contribution in [-0.2, 0) is 18.9 Å². The molecule has 0 aliphatic heterocycles. The number of rotatable bonds is 13. The van der Waals surface area contributed by atoms with Crippen LogP contribution in [0, 0.1) is 5.41 Å². The Morgan fingerprint density at radius 1 is 0.545 bits per heavy atom. The molecule has 0 saturated heterocycles. The molecule has 0 aromatic carbocycles. The van der Waals surface area contributed by atoms with E-state index in [0.717, 1.165) is 39.1 Å². The van der Waals surface area contributed by atoms with Crippen molar-refractivity contribution >= 4 is 0 Å². The average Bonchev–Trinajstić information content (AvgIpc) is 2.36. The van der Waals surface area contributed by atoms with Crippen LogP contribution in [0.15, 0.2) is 0 Å². The molecule has 4 heteroatoms. The highest BCUT2D eigenvalue weighted by molar-refractivity contribution is 4.59. The summed E-state index contributed by atoms with van der Waals surface area (Å²) in [7, 11) is 0. The standard InChI is InChI=1S/C18H38O4/c1-17(2,3)16-21-15-14-20-13-12-19-10-8-7-9-11-22-18(4,5)6/h7-16H2,1-6H3. The third-order valence-corrected chi connectivity index (χ3v) is 2.75. The maximum Gasteiger partial charge on any atom is 0.0701 e. The quantitative estimate of drug-likeness (QED) is 0.480. The Morgan fingerprint density at radius 2 is 1.05 bits per heavy atom. The van der Waals surface area contributed by atoms with Crippen molar-refractivity contribution in [1.29, 1.82) is 0 Å². The molecule has 0 heterocycles. The van der Waals surface area contributed by atoms with Crippen molar-refractivity contribution in [3.8, 4) is 0 Å². The van der Waals surface area contributed by atoms with Crippen molar-refractivity contribution in [3.05, 3.63) is 0 Å². The Labute approximate surface area is 137 Å². The molecule has 22 heavy (non-hydrogen) atoms. The molecule has 0 saturated carbocycles. The lowest BCUT2D eigenvalue weighted by molar-refractivity contribution is -0.00787. The third kappa shape index (κ3) is 19.8. The van der Waals surface area contributed by atoms with E-state index >= 15 is 0 Å². The second-order valence-corrected chi connectivity index (χ2v) is 7.86. The molecular formula is C18H38O4. The van der Waals surface area contributed by atoms with Gasteiger partial charge in [-0.15, -0.1) is 0 Å². The van der Waals surface area contributed by atoms with Crippen LogP contribution in [-0.4, -0.2) is 51.8 Å². The van der Waals surface area contributed by atoms with Gasteiger partial charge in [0.2, 0.25) is 0 Å². The number of hydrogen-bond donors (Lipinski definition) is 0. The van der Waals surface area contributed by atoms with Crippen LogP contribution in [0.5, 0.6) is 0 Å². The van der Waals surface area contributed by atoms with Gasteiger partial charge in [0, 0.05) is 13.2 Å². The van der Waals surface area contributed by atoms with Crippen LogP contribution in [0.4, 0.5) is 0 Å². The molecule has 0 radical (unpaired) electrons. The van der Waals surface area contributed by atoms with Gasteiger partial charge in [0.15, 0.2) is 0 Å². The molecule has 4 nitrogen and oxygen atoms in total.